The number of hydrogen-bond acceptors (Lipinski definition) is 5. The van der Waals surface area contributed by atoms with E-state index in [-0.39, 0.29) is 11.7 Å². The molecular weight excluding hydrogens is 304 g/mol. The molecule has 2 aromatic heterocycles. The molecule has 0 radical (unpaired) electrons. The van der Waals surface area contributed by atoms with Crippen LogP contribution in [-0.4, -0.2) is 41.3 Å². The number of H-pyrrole nitrogens is 1. The van der Waals surface area contributed by atoms with Crippen LogP contribution in [0.1, 0.15) is 26.0 Å². The summed E-state index contributed by atoms with van der Waals surface area (Å²) in [7, 11) is 1.77. The van der Waals surface area contributed by atoms with Crippen LogP contribution in [0.25, 0.3) is 11.4 Å². The van der Waals surface area contributed by atoms with Crippen LogP contribution in [0.4, 0.5) is 5.82 Å². The number of aromatic nitrogens is 3. The highest BCUT2D eigenvalue weighted by atomic mass is 16.5. The van der Waals surface area contributed by atoms with E-state index in [1.807, 2.05) is 19.1 Å². The van der Waals surface area contributed by atoms with E-state index in [2.05, 4.69) is 26.8 Å². The van der Waals surface area contributed by atoms with Crippen molar-refractivity contribution >= 4 is 5.82 Å². The van der Waals surface area contributed by atoms with E-state index < -0.39 is 0 Å². The molecular formula is C18H24N4O2. The second-order valence-corrected chi connectivity index (χ2v) is 6.33. The van der Waals surface area contributed by atoms with Gasteiger partial charge in [0.05, 0.1) is 6.10 Å². The Morgan fingerprint density at radius 2 is 2.25 bits per heavy atom. The highest BCUT2D eigenvalue weighted by Crippen LogP contribution is 2.24. The maximum atomic E-state index is 11.7. The molecule has 1 fully saturated rings. The van der Waals surface area contributed by atoms with Gasteiger partial charge in [0.1, 0.15) is 11.6 Å². The third kappa shape index (κ3) is 3.48. The summed E-state index contributed by atoms with van der Waals surface area (Å²) >= 11 is 0. The topological polar surface area (TPSA) is 71.1 Å². The van der Waals surface area contributed by atoms with Crippen molar-refractivity contribution in [3.05, 3.63) is 40.4 Å². The van der Waals surface area contributed by atoms with Gasteiger partial charge in [0.25, 0.3) is 5.56 Å². The number of anilines is 1. The molecule has 3 heterocycles. The lowest BCUT2D eigenvalue weighted by Gasteiger charge is -2.36. The normalized spacial score (nSPS) is 21.0. The Kier molecular flexibility index (Phi) is 4.94. The van der Waals surface area contributed by atoms with Crippen LogP contribution in [0.5, 0.6) is 0 Å². The smallest absolute Gasteiger partial charge is 0.251 e. The van der Waals surface area contributed by atoms with E-state index in [1.165, 1.54) is 6.07 Å². The fourth-order valence-corrected chi connectivity index (χ4v) is 3.09. The van der Waals surface area contributed by atoms with Crippen molar-refractivity contribution < 1.29 is 4.74 Å². The number of nitrogens with zero attached hydrogens (tertiary/aromatic N) is 3. The zero-order chi connectivity index (χ0) is 17.1. The number of rotatable bonds is 4. The monoisotopic (exact) mass is 328 g/mol. The van der Waals surface area contributed by atoms with Gasteiger partial charge in [-0.3, -0.25) is 4.79 Å². The fourth-order valence-electron chi connectivity index (χ4n) is 3.09. The average molecular weight is 328 g/mol. The quantitative estimate of drug-likeness (QED) is 0.932. The second-order valence-electron chi connectivity index (χ2n) is 6.33. The summed E-state index contributed by atoms with van der Waals surface area (Å²) < 4.78 is 5.57. The fraction of sp³-hybridized carbons (Fsp3) is 0.500. The summed E-state index contributed by atoms with van der Waals surface area (Å²) in [6, 6.07) is 5.47. The molecule has 0 aliphatic carbocycles. The zero-order valence-corrected chi connectivity index (χ0v) is 14.5. The minimum absolute atomic E-state index is 0.131. The van der Waals surface area contributed by atoms with Gasteiger partial charge in [0.15, 0.2) is 0 Å². The first kappa shape index (κ1) is 16.6. The average Bonchev–Trinajstić information content (AvgIpc) is 2.61. The van der Waals surface area contributed by atoms with Gasteiger partial charge in [-0.1, -0.05) is 13.8 Å². The molecule has 1 saturated heterocycles. The maximum absolute atomic E-state index is 11.7. The molecule has 2 unspecified atom stereocenters. The third-order valence-corrected chi connectivity index (χ3v) is 4.69. The third-order valence-electron chi connectivity index (χ3n) is 4.69. The molecule has 1 aliphatic rings. The summed E-state index contributed by atoms with van der Waals surface area (Å²) in [4.78, 5) is 25.8. The molecule has 0 saturated carbocycles. The molecule has 0 aromatic carbocycles. The van der Waals surface area contributed by atoms with Crippen molar-refractivity contribution in [3.63, 3.8) is 0 Å². The lowest BCUT2D eigenvalue weighted by Crippen LogP contribution is -2.44. The number of piperidine rings is 1. The molecule has 3 rings (SSSR count). The Labute approximate surface area is 141 Å². The molecule has 2 atom stereocenters. The Morgan fingerprint density at radius 1 is 1.42 bits per heavy atom. The molecule has 128 valence electrons. The van der Waals surface area contributed by atoms with E-state index >= 15 is 0 Å². The van der Waals surface area contributed by atoms with Crippen LogP contribution < -0.4 is 10.5 Å². The second kappa shape index (κ2) is 7.13. The summed E-state index contributed by atoms with van der Waals surface area (Å²) in [5.74, 6) is 2.07. The first-order valence-electron chi connectivity index (χ1n) is 8.45. The number of ether oxygens (including phenoxy) is 1. The van der Waals surface area contributed by atoms with E-state index in [4.69, 9.17) is 4.74 Å². The molecule has 1 aliphatic heterocycles. The van der Waals surface area contributed by atoms with Crippen molar-refractivity contribution in [2.45, 2.75) is 32.8 Å². The molecule has 0 spiro atoms. The number of aryl methyl sites for hydroxylation is 1. The van der Waals surface area contributed by atoms with Crippen molar-refractivity contribution in [3.8, 4) is 11.4 Å². The van der Waals surface area contributed by atoms with Gasteiger partial charge < -0.3 is 14.6 Å². The van der Waals surface area contributed by atoms with Crippen molar-refractivity contribution in [2.24, 2.45) is 5.92 Å². The largest absolute Gasteiger partial charge is 0.379 e. The van der Waals surface area contributed by atoms with Gasteiger partial charge in [0.2, 0.25) is 0 Å². The van der Waals surface area contributed by atoms with Crippen LogP contribution >= 0.6 is 0 Å². The van der Waals surface area contributed by atoms with Crippen LogP contribution in [0.3, 0.4) is 0 Å². The van der Waals surface area contributed by atoms with Crippen molar-refractivity contribution in [1.82, 2.24) is 15.0 Å². The van der Waals surface area contributed by atoms with Crippen LogP contribution in [-0.2, 0) is 11.2 Å². The summed E-state index contributed by atoms with van der Waals surface area (Å²) in [5, 5.41) is 0. The standard InChI is InChI=1S/C18H24N4O2/c1-4-14-9-17(23)21-18(20-14)13-5-6-16(19-10-13)22-8-7-12(2)15(11-22)24-3/h5-6,9-10,12,15H,4,7-8,11H2,1-3H3,(H,20,21,23). The number of methoxy groups -OCH3 is 1. The Bertz CT molecular complexity index is 741. The van der Waals surface area contributed by atoms with E-state index in [0.29, 0.717) is 11.7 Å². The van der Waals surface area contributed by atoms with Crippen LogP contribution in [0.15, 0.2) is 29.2 Å². The predicted octanol–water partition coefficient (Wildman–Crippen LogP) is 2.26. The van der Waals surface area contributed by atoms with Crippen LogP contribution in [0.2, 0.25) is 0 Å². The van der Waals surface area contributed by atoms with Gasteiger partial charge in [0, 0.05) is 43.7 Å². The SMILES string of the molecule is CCc1cc(=O)[nH]c(-c2ccc(N3CCC(C)C(OC)C3)nc2)n1. The lowest BCUT2D eigenvalue weighted by atomic mass is 9.96. The van der Waals surface area contributed by atoms with Gasteiger partial charge >= 0.3 is 0 Å². The maximum Gasteiger partial charge on any atom is 0.251 e. The highest BCUT2D eigenvalue weighted by molar-refractivity contribution is 5.56. The first-order valence-corrected chi connectivity index (χ1v) is 8.45. The summed E-state index contributed by atoms with van der Waals surface area (Å²) in [6.45, 7) is 6.04. The molecule has 0 amide bonds. The Morgan fingerprint density at radius 3 is 2.92 bits per heavy atom. The van der Waals surface area contributed by atoms with E-state index in [0.717, 1.165) is 43.0 Å². The van der Waals surface area contributed by atoms with Crippen molar-refractivity contribution in [1.29, 1.82) is 0 Å². The molecule has 1 N–H and O–H groups in total. The minimum Gasteiger partial charge on any atom is -0.379 e. The Hall–Kier alpha value is -2.21. The van der Waals surface area contributed by atoms with Gasteiger partial charge in [-0.25, -0.2) is 9.97 Å². The summed E-state index contributed by atoms with van der Waals surface area (Å²) in [6.07, 6.45) is 3.83. The zero-order valence-electron chi connectivity index (χ0n) is 14.5. The van der Waals surface area contributed by atoms with E-state index in [1.54, 1.807) is 13.3 Å². The molecule has 2 aromatic rings. The number of hydrogen-bond donors (Lipinski definition) is 1. The number of nitrogens with one attached hydrogen (secondary N) is 1. The predicted molar refractivity (Wildman–Crippen MR) is 94.3 cm³/mol. The first-order chi connectivity index (χ1) is 11.6. The summed E-state index contributed by atoms with van der Waals surface area (Å²) in [5.41, 5.74) is 1.47. The Balaban J connectivity index is 1.81. The molecule has 6 heteroatoms. The number of aromatic amines is 1. The van der Waals surface area contributed by atoms with Gasteiger partial charge in [-0.15, -0.1) is 0 Å². The van der Waals surface area contributed by atoms with Gasteiger partial charge in [-0.2, -0.15) is 0 Å². The lowest BCUT2D eigenvalue weighted by molar-refractivity contribution is 0.0496. The highest BCUT2D eigenvalue weighted by Gasteiger charge is 2.26. The minimum atomic E-state index is -0.131. The molecule has 6 nitrogen and oxygen atoms in total. The van der Waals surface area contributed by atoms with Crippen LogP contribution in [0, 0.1) is 5.92 Å². The van der Waals surface area contributed by atoms with E-state index in [9.17, 15) is 4.79 Å². The van der Waals surface area contributed by atoms with Crippen molar-refractivity contribution in [2.75, 3.05) is 25.1 Å². The molecule has 0 bridgehead atoms. The number of pyridine rings is 1. The van der Waals surface area contributed by atoms with Gasteiger partial charge in [-0.05, 0) is 30.9 Å². The molecule has 24 heavy (non-hydrogen) atoms.